The highest BCUT2D eigenvalue weighted by Gasteiger charge is 2.46. The smallest absolute Gasteiger partial charge is 0.229 e. The summed E-state index contributed by atoms with van der Waals surface area (Å²) >= 11 is 6.09. The van der Waals surface area contributed by atoms with Gasteiger partial charge in [0.15, 0.2) is 0 Å². The minimum absolute atomic E-state index is 0.000375. The molecule has 1 aromatic rings. The Morgan fingerprint density at radius 2 is 2.04 bits per heavy atom. The van der Waals surface area contributed by atoms with Gasteiger partial charge in [-0.2, -0.15) is 0 Å². The summed E-state index contributed by atoms with van der Waals surface area (Å²) in [5, 5.41) is 6.16. The highest BCUT2D eigenvalue weighted by molar-refractivity contribution is 6.31. The van der Waals surface area contributed by atoms with Crippen molar-refractivity contribution in [2.75, 3.05) is 5.32 Å². The highest BCUT2D eigenvalue weighted by Crippen LogP contribution is 2.40. The van der Waals surface area contributed by atoms with Crippen molar-refractivity contribution in [1.82, 2.24) is 5.32 Å². The fourth-order valence-corrected chi connectivity index (χ4v) is 3.77. The van der Waals surface area contributed by atoms with Gasteiger partial charge in [-0.3, -0.25) is 14.4 Å². The van der Waals surface area contributed by atoms with Gasteiger partial charge in [0.2, 0.25) is 11.8 Å². The number of benzene rings is 1. The third kappa shape index (κ3) is 3.47. The summed E-state index contributed by atoms with van der Waals surface area (Å²) in [5.74, 6) is -1.88. The molecule has 3 rings (SSSR count). The average Bonchev–Trinajstić information content (AvgIpc) is 2.49. The van der Waals surface area contributed by atoms with E-state index in [0.29, 0.717) is 22.8 Å². The van der Waals surface area contributed by atoms with E-state index in [0.717, 1.165) is 5.56 Å². The number of carbonyl (C=O) groups excluding carboxylic acids is 3. The molecule has 1 aliphatic heterocycles. The molecule has 0 saturated carbocycles. The van der Waals surface area contributed by atoms with E-state index in [1.807, 2.05) is 26.8 Å². The van der Waals surface area contributed by atoms with Gasteiger partial charge in [-0.15, -0.1) is 0 Å². The summed E-state index contributed by atoms with van der Waals surface area (Å²) in [5.41, 5.74) is 1.58. The zero-order chi connectivity index (χ0) is 18.4. The molecule has 0 unspecified atom stereocenters. The first-order valence-corrected chi connectivity index (χ1v) is 8.67. The maximum atomic E-state index is 12.8. The van der Waals surface area contributed by atoms with Crippen molar-refractivity contribution < 1.29 is 14.4 Å². The number of ketones is 1. The zero-order valence-corrected chi connectivity index (χ0v) is 15.2. The van der Waals surface area contributed by atoms with E-state index in [1.54, 1.807) is 18.2 Å². The molecule has 2 amide bonds. The Kier molecular flexibility index (Phi) is 4.45. The number of hydrogen-bond donors (Lipinski definition) is 2. The van der Waals surface area contributed by atoms with Crippen LogP contribution in [0.2, 0.25) is 5.02 Å². The van der Waals surface area contributed by atoms with E-state index in [9.17, 15) is 14.4 Å². The van der Waals surface area contributed by atoms with Crippen molar-refractivity contribution in [2.24, 2.45) is 17.3 Å². The van der Waals surface area contributed by atoms with E-state index in [1.165, 1.54) is 0 Å². The standard InChI is InChI=1S/C19H21ClN2O3/c1-10-12(20)5-4-6-13(10)22-18(25)11-7-16(24)21-14-8-19(2,3)9-15(23)17(11)14/h4-6,8,11,17H,7,9H2,1-3H3,(H,21,24)(H,22,25)/t11-,17-/m0/s1. The van der Waals surface area contributed by atoms with Crippen molar-refractivity contribution in [3.05, 3.63) is 40.6 Å². The molecule has 132 valence electrons. The molecule has 1 saturated heterocycles. The van der Waals surface area contributed by atoms with Crippen LogP contribution in [0.15, 0.2) is 30.0 Å². The molecule has 2 atom stereocenters. The second-order valence-electron chi connectivity index (χ2n) is 7.47. The van der Waals surface area contributed by atoms with E-state index in [2.05, 4.69) is 10.6 Å². The number of allylic oxidation sites excluding steroid dienone is 2. The number of rotatable bonds is 2. The number of halogens is 1. The van der Waals surface area contributed by atoms with E-state index in [-0.39, 0.29) is 29.4 Å². The van der Waals surface area contributed by atoms with Crippen LogP contribution in [0.3, 0.4) is 0 Å². The van der Waals surface area contributed by atoms with Crippen LogP contribution in [0.1, 0.15) is 32.3 Å². The first-order valence-electron chi connectivity index (χ1n) is 8.29. The van der Waals surface area contributed by atoms with Crippen molar-refractivity contribution >= 4 is 34.9 Å². The minimum atomic E-state index is -0.706. The number of Topliss-reactive ketones (excluding diaryl/α,β-unsaturated/α-hetero) is 1. The summed E-state index contributed by atoms with van der Waals surface area (Å²) in [4.78, 5) is 37.5. The van der Waals surface area contributed by atoms with Crippen LogP contribution in [0, 0.1) is 24.2 Å². The molecule has 1 aromatic carbocycles. The molecule has 0 radical (unpaired) electrons. The Balaban J connectivity index is 1.90. The Morgan fingerprint density at radius 3 is 2.76 bits per heavy atom. The number of carbonyl (C=O) groups is 3. The lowest BCUT2D eigenvalue weighted by Crippen LogP contribution is -2.49. The molecule has 5 nitrogen and oxygen atoms in total. The lowest BCUT2D eigenvalue weighted by atomic mass is 9.69. The monoisotopic (exact) mass is 360 g/mol. The van der Waals surface area contributed by atoms with Crippen LogP contribution in [-0.2, 0) is 14.4 Å². The van der Waals surface area contributed by atoms with Gasteiger partial charge in [-0.1, -0.05) is 37.6 Å². The molecular weight excluding hydrogens is 340 g/mol. The third-order valence-corrected chi connectivity index (χ3v) is 5.22. The molecular formula is C19H21ClN2O3. The Labute approximate surface area is 151 Å². The van der Waals surface area contributed by atoms with Gasteiger partial charge < -0.3 is 10.6 Å². The van der Waals surface area contributed by atoms with Crippen LogP contribution in [-0.4, -0.2) is 17.6 Å². The molecule has 0 bridgehead atoms. The summed E-state index contributed by atoms with van der Waals surface area (Å²) in [7, 11) is 0. The van der Waals surface area contributed by atoms with Gasteiger partial charge >= 0.3 is 0 Å². The van der Waals surface area contributed by atoms with Crippen molar-refractivity contribution in [2.45, 2.75) is 33.6 Å². The maximum Gasteiger partial charge on any atom is 0.229 e. The number of hydrogen-bond acceptors (Lipinski definition) is 3. The first kappa shape index (κ1) is 17.7. The predicted octanol–water partition coefficient (Wildman–Crippen LogP) is 3.22. The largest absolute Gasteiger partial charge is 0.329 e. The number of anilines is 1. The molecule has 0 spiro atoms. The lowest BCUT2D eigenvalue weighted by molar-refractivity contribution is -0.136. The predicted molar refractivity (Wildman–Crippen MR) is 96.0 cm³/mol. The summed E-state index contributed by atoms with van der Waals surface area (Å²) in [6.07, 6.45) is 2.26. The van der Waals surface area contributed by atoms with Crippen molar-refractivity contribution in [1.29, 1.82) is 0 Å². The van der Waals surface area contributed by atoms with E-state index >= 15 is 0 Å². The molecule has 6 heteroatoms. The van der Waals surface area contributed by atoms with Gasteiger partial charge in [0.05, 0.1) is 11.8 Å². The second-order valence-corrected chi connectivity index (χ2v) is 7.88. The molecule has 1 aliphatic carbocycles. The molecule has 1 fully saturated rings. The summed E-state index contributed by atoms with van der Waals surface area (Å²) < 4.78 is 0. The van der Waals surface area contributed by atoms with Gasteiger partial charge in [-0.05, 0) is 30.0 Å². The van der Waals surface area contributed by atoms with E-state index in [4.69, 9.17) is 11.6 Å². The normalized spacial score (nSPS) is 24.9. The van der Waals surface area contributed by atoms with Gasteiger partial charge in [0.25, 0.3) is 0 Å². The van der Waals surface area contributed by atoms with Crippen LogP contribution in [0.4, 0.5) is 5.69 Å². The third-order valence-electron chi connectivity index (χ3n) is 4.81. The average molecular weight is 361 g/mol. The molecule has 2 aliphatic rings. The van der Waals surface area contributed by atoms with Crippen molar-refractivity contribution in [3.8, 4) is 0 Å². The van der Waals surface area contributed by atoms with Crippen LogP contribution in [0.5, 0.6) is 0 Å². The second kappa shape index (κ2) is 6.30. The Hall–Kier alpha value is -2.14. The van der Waals surface area contributed by atoms with Crippen LogP contribution >= 0.6 is 11.6 Å². The SMILES string of the molecule is Cc1c(Cl)cccc1NC(=O)[C@H]1CC(=O)NC2=CC(C)(C)CC(=O)[C@H]21. The topological polar surface area (TPSA) is 75.3 Å². The van der Waals surface area contributed by atoms with Crippen LogP contribution in [0.25, 0.3) is 0 Å². The highest BCUT2D eigenvalue weighted by atomic mass is 35.5. The fraction of sp³-hybridized carbons (Fsp3) is 0.421. The minimum Gasteiger partial charge on any atom is -0.329 e. The molecule has 0 aromatic heterocycles. The summed E-state index contributed by atoms with van der Waals surface area (Å²) in [6.45, 7) is 5.70. The Morgan fingerprint density at radius 1 is 1.32 bits per heavy atom. The van der Waals surface area contributed by atoms with Crippen molar-refractivity contribution in [3.63, 3.8) is 0 Å². The Bertz CT molecular complexity index is 798. The lowest BCUT2D eigenvalue weighted by Gasteiger charge is -2.38. The number of piperidine rings is 1. The number of amides is 2. The molecule has 25 heavy (non-hydrogen) atoms. The number of fused-ring (bicyclic) bond motifs is 1. The van der Waals surface area contributed by atoms with Crippen LogP contribution < -0.4 is 10.6 Å². The van der Waals surface area contributed by atoms with Gasteiger partial charge in [-0.25, -0.2) is 0 Å². The first-order chi connectivity index (χ1) is 11.7. The van der Waals surface area contributed by atoms with E-state index < -0.39 is 11.8 Å². The molecule has 1 heterocycles. The van der Waals surface area contributed by atoms with Gasteiger partial charge in [0.1, 0.15) is 5.78 Å². The van der Waals surface area contributed by atoms with Gasteiger partial charge in [0, 0.05) is 29.2 Å². The maximum absolute atomic E-state index is 12.8. The summed E-state index contributed by atoms with van der Waals surface area (Å²) in [6, 6.07) is 5.25. The zero-order valence-electron chi connectivity index (χ0n) is 14.5. The fourth-order valence-electron chi connectivity index (χ4n) is 3.59. The quantitative estimate of drug-likeness (QED) is 0.850. The molecule has 2 N–H and O–H groups in total. The number of nitrogens with one attached hydrogen (secondary N) is 2.